The second kappa shape index (κ2) is 9.22. The summed E-state index contributed by atoms with van der Waals surface area (Å²) in [5.41, 5.74) is 0.141. The topological polar surface area (TPSA) is 131 Å². The Morgan fingerprint density at radius 2 is 1.61 bits per heavy atom. The predicted octanol–water partition coefficient (Wildman–Crippen LogP) is 0.877. The van der Waals surface area contributed by atoms with Crippen molar-refractivity contribution in [1.29, 1.82) is 0 Å². The van der Waals surface area contributed by atoms with Gasteiger partial charge in [0.05, 0.1) is 41.4 Å². The Bertz CT molecular complexity index is 1160. The number of amides is 1. The number of hydrogen-bond donors (Lipinski definition) is 2. The van der Waals surface area contributed by atoms with Gasteiger partial charge in [-0.05, 0) is 42.5 Å². The van der Waals surface area contributed by atoms with E-state index in [-0.39, 0.29) is 34.1 Å². The van der Waals surface area contributed by atoms with Crippen LogP contribution in [0.2, 0.25) is 0 Å². The molecular formula is C19H23N3O7S2. The molecule has 0 unspecified atom stereocenters. The number of sulfonamides is 2. The van der Waals surface area contributed by atoms with E-state index in [0.29, 0.717) is 19.0 Å². The Hall–Kier alpha value is -2.67. The van der Waals surface area contributed by atoms with Crippen molar-refractivity contribution in [1.82, 2.24) is 9.62 Å². The summed E-state index contributed by atoms with van der Waals surface area (Å²) in [7, 11) is -4.97. The summed E-state index contributed by atoms with van der Waals surface area (Å²) in [6, 6.07) is 9.24. The molecule has 1 aliphatic rings. The molecule has 12 heteroatoms. The summed E-state index contributed by atoms with van der Waals surface area (Å²) in [5, 5.41) is 2.44. The number of nitrogens with one attached hydrogen (secondary N) is 2. The van der Waals surface area contributed by atoms with E-state index < -0.39 is 26.0 Å². The summed E-state index contributed by atoms with van der Waals surface area (Å²) in [5.74, 6) is -0.109. The maximum Gasteiger partial charge on any atom is 0.261 e. The zero-order valence-corrected chi connectivity index (χ0v) is 18.6. The molecule has 2 N–H and O–H groups in total. The first-order chi connectivity index (χ1) is 14.7. The second-order valence-electron chi connectivity index (χ2n) is 6.58. The molecule has 2 aromatic carbocycles. The fourth-order valence-corrected chi connectivity index (χ4v) is 5.48. The van der Waals surface area contributed by atoms with Crippen molar-refractivity contribution in [3.8, 4) is 5.75 Å². The fourth-order valence-electron chi connectivity index (χ4n) is 2.99. The number of rotatable bonds is 7. The molecule has 1 saturated heterocycles. The van der Waals surface area contributed by atoms with Crippen molar-refractivity contribution in [2.24, 2.45) is 0 Å². The van der Waals surface area contributed by atoms with Crippen LogP contribution in [0.3, 0.4) is 0 Å². The van der Waals surface area contributed by atoms with Crippen LogP contribution in [0.25, 0.3) is 0 Å². The van der Waals surface area contributed by atoms with Crippen molar-refractivity contribution < 1.29 is 31.1 Å². The van der Waals surface area contributed by atoms with Gasteiger partial charge in [0, 0.05) is 20.1 Å². The van der Waals surface area contributed by atoms with Crippen LogP contribution in [0.1, 0.15) is 10.4 Å². The summed E-state index contributed by atoms with van der Waals surface area (Å²) in [6.07, 6.45) is 0. The lowest BCUT2D eigenvalue weighted by Crippen LogP contribution is -2.40. The van der Waals surface area contributed by atoms with Gasteiger partial charge in [-0.3, -0.25) is 9.52 Å². The largest absolute Gasteiger partial charge is 0.497 e. The highest BCUT2D eigenvalue weighted by Gasteiger charge is 2.27. The highest BCUT2D eigenvalue weighted by molar-refractivity contribution is 7.92. The molecule has 1 heterocycles. The molecule has 3 rings (SSSR count). The first kappa shape index (κ1) is 23.0. The molecule has 10 nitrogen and oxygen atoms in total. The number of carbonyl (C=O) groups excluding carboxylic acids is 1. The molecule has 2 aromatic rings. The van der Waals surface area contributed by atoms with E-state index in [1.165, 1.54) is 60.9 Å². The summed E-state index contributed by atoms with van der Waals surface area (Å²) in [4.78, 5) is 12.0. The Kier molecular flexibility index (Phi) is 6.84. The normalized spacial score (nSPS) is 15.3. The third kappa shape index (κ3) is 4.98. The standard InChI is InChI=1S/C19H23N3O7S2/c1-20-19(23)17-13-14(28-2)3-8-18(17)21-30(24,25)15-4-6-16(7-5-15)31(26,27)22-9-11-29-12-10-22/h3-8,13,21H,9-12H2,1-2H3,(H,20,23). The fraction of sp³-hybridized carbons (Fsp3) is 0.316. The first-order valence-electron chi connectivity index (χ1n) is 9.30. The molecule has 0 aliphatic carbocycles. The van der Waals surface area contributed by atoms with E-state index in [4.69, 9.17) is 9.47 Å². The van der Waals surface area contributed by atoms with E-state index in [9.17, 15) is 21.6 Å². The van der Waals surface area contributed by atoms with Crippen molar-refractivity contribution in [2.45, 2.75) is 9.79 Å². The van der Waals surface area contributed by atoms with Crippen molar-refractivity contribution >= 4 is 31.6 Å². The van der Waals surface area contributed by atoms with E-state index in [1.54, 1.807) is 0 Å². The number of hydrogen-bond acceptors (Lipinski definition) is 7. The van der Waals surface area contributed by atoms with Gasteiger partial charge in [-0.15, -0.1) is 0 Å². The number of carbonyl (C=O) groups is 1. The molecule has 0 spiro atoms. The molecule has 168 valence electrons. The molecule has 0 radical (unpaired) electrons. The summed E-state index contributed by atoms with van der Waals surface area (Å²) >= 11 is 0. The third-order valence-corrected chi connectivity index (χ3v) is 7.98. The highest BCUT2D eigenvalue weighted by atomic mass is 32.2. The lowest BCUT2D eigenvalue weighted by molar-refractivity contribution is 0.0730. The third-order valence-electron chi connectivity index (χ3n) is 4.68. The van der Waals surface area contributed by atoms with Gasteiger partial charge in [0.2, 0.25) is 10.0 Å². The van der Waals surface area contributed by atoms with Crippen LogP contribution in [0, 0.1) is 0 Å². The smallest absolute Gasteiger partial charge is 0.261 e. The van der Waals surface area contributed by atoms with Crippen LogP contribution in [0.4, 0.5) is 5.69 Å². The van der Waals surface area contributed by atoms with Crippen LogP contribution in [0.5, 0.6) is 5.75 Å². The van der Waals surface area contributed by atoms with Crippen LogP contribution in [-0.2, 0) is 24.8 Å². The van der Waals surface area contributed by atoms with Gasteiger partial charge in [-0.1, -0.05) is 0 Å². The lowest BCUT2D eigenvalue weighted by Gasteiger charge is -2.26. The summed E-state index contributed by atoms with van der Waals surface area (Å²) < 4.78 is 65.0. The molecule has 1 amide bonds. The number of nitrogens with zero attached hydrogens (tertiary/aromatic N) is 1. The molecule has 1 fully saturated rings. The van der Waals surface area contributed by atoms with Crippen molar-refractivity contribution in [3.63, 3.8) is 0 Å². The number of ether oxygens (including phenoxy) is 2. The van der Waals surface area contributed by atoms with Gasteiger partial charge in [-0.2, -0.15) is 4.31 Å². The van der Waals surface area contributed by atoms with E-state index in [2.05, 4.69) is 10.0 Å². The average Bonchev–Trinajstić information content (AvgIpc) is 2.79. The maximum atomic E-state index is 12.8. The quantitative estimate of drug-likeness (QED) is 0.615. The van der Waals surface area contributed by atoms with Crippen molar-refractivity contribution in [3.05, 3.63) is 48.0 Å². The minimum atomic E-state index is -4.08. The zero-order valence-electron chi connectivity index (χ0n) is 17.0. The molecular weight excluding hydrogens is 446 g/mol. The molecule has 0 aromatic heterocycles. The number of methoxy groups -OCH3 is 1. The first-order valence-corrected chi connectivity index (χ1v) is 12.2. The Morgan fingerprint density at radius 1 is 1.00 bits per heavy atom. The Labute approximate surface area is 181 Å². The van der Waals surface area contributed by atoms with Crippen LogP contribution >= 0.6 is 0 Å². The van der Waals surface area contributed by atoms with Crippen LogP contribution < -0.4 is 14.8 Å². The minimum absolute atomic E-state index is 0.0103. The minimum Gasteiger partial charge on any atom is -0.497 e. The monoisotopic (exact) mass is 469 g/mol. The molecule has 0 bridgehead atoms. The predicted molar refractivity (Wildman–Crippen MR) is 113 cm³/mol. The Morgan fingerprint density at radius 3 is 2.19 bits per heavy atom. The molecule has 1 aliphatic heterocycles. The van der Waals surface area contributed by atoms with Gasteiger partial charge >= 0.3 is 0 Å². The van der Waals surface area contributed by atoms with Gasteiger partial charge in [0.1, 0.15) is 5.75 Å². The number of anilines is 1. The van der Waals surface area contributed by atoms with Gasteiger partial charge < -0.3 is 14.8 Å². The number of benzene rings is 2. The molecule has 0 saturated carbocycles. The zero-order chi connectivity index (χ0) is 22.6. The van der Waals surface area contributed by atoms with E-state index >= 15 is 0 Å². The summed E-state index contributed by atoms with van der Waals surface area (Å²) in [6.45, 7) is 1.10. The average molecular weight is 470 g/mol. The van der Waals surface area contributed by atoms with E-state index in [1.807, 2.05) is 0 Å². The Balaban J connectivity index is 1.87. The SMILES string of the molecule is CNC(=O)c1cc(OC)ccc1NS(=O)(=O)c1ccc(S(=O)(=O)N2CCOCC2)cc1. The van der Waals surface area contributed by atoms with Gasteiger partial charge in [0.25, 0.3) is 15.9 Å². The molecule has 0 atom stereocenters. The maximum absolute atomic E-state index is 12.8. The highest BCUT2D eigenvalue weighted by Crippen LogP contribution is 2.26. The lowest BCUT2D eigenvalue weighted by atomic mass is 10.1. The van der Waals surface area contributed by atoms with Gasteiger partial charge in [0.15, 0.2) is 0 Å². The van der Waals surface area contributed by atoms with Crippen LogP contribution in [-0.4, -0.2) is 67.5 Å². The molecule has 31 heavy (non-hydrogen) atoms. The second-order valence-corrected chi connectivity index (χ2v) is 10.2. The van der Waals surface area contributed by atoms with E-state index in [0.717, 1.165) is 0 Å². The van der Waals surface area contributed by atoms with Crippen molar-refractivity contribution in [2.75, 3.05) is 45.2 Å². The van der Waals surface area contributed by atoms with Gasteiger partial charge in [-0.25, -0.2) is 16.8 Å². The van der Waals surface area contributed by atoms with Crippen LogP contribution in [0.15, 0.2) is 52.3 Å². The number of morpholine rings is 1.